The van der Waals surface area contributed by atoms with Gasteiger partial charge in [-0.3, -0.25) is 4.79 Å². The standard InChI is InChI=1S/C25H23F5N4O/c26-20-16(21(27)23(29)24(30)22(20)28)11-19(35)34-25-17(10-13-4-2-1-3-5-13)33-18(12-32-25)14-6-8-15(31)9-7-14/h6-9,12-13H,1-5,10-11,31H2,(H,32,34,35). The van der Waals surface area contributed by atoms with E-state index in [1.165, 1.54) is 6.20 Å². The van der Waals surface area contributed by atoms with Crippen molar-refractivity contribution in [1.82, 2.24) is 9.97 Å². The van der Waals surface area contributed by atoms with Crippen molar-refractivity contribution in [3.05, 3.63) is 70.8 Å². The maximum absolute atomic E-state index is 14.0. The third-order valence-electron chi connectivity index (χ3n) is 6.15. The van der Waals surface area contributed by atoms with Crippen LogP contribution in [0.2, 0.25) is 0 Å². The molecule has 0 unspecified atom stereocenters. The van der Waals surface area contributed by atoms with Gasteiger partial charge in [-0.2, -0.15) is 0 Å². The van der Waals surface area contributed by atoms with Gasteiger partial charge in [-0.05, 0) is 24.5 Å². The topological polar surface area (TPSA) is 80.9 Å². The summed E-state index contributed by atoms with van der Waals surface area (Å²) in [6.45, 7) is 0. The van der Waals surface area contributed by atoms with Crippen LogP contribution >= 0.6 is 0 Å². The fraction of sp³-hybridized carbons (Fsp3) is 0.320. The van der Waals surface area contributed by atoms with Gasteiger partial charge in [0, 0.05) is 16.8 Å². The molecule has 3 aromatic rings. The molecule has 0 atom stereocenters. The lowest BCUT2D eigenvalue weighted by molar-refractivity contribution is -0.115. The molecule has 3 N–H and O–H groups in total. The number of hydrogen-bond donors (Lipinski definition) is 2. The number of amides is 1. The Labute approximate surface area is 198 Å². The van der Waals surface area contributed by atoms with E-state index < -0.39 is 47.0 Å². The Morgan fingerprint density at radius 3 is 2.14 bits per heavy atom. The van der Waals surface area contributed by atoms with Gasteiger partial charge in [0.25, 0.3) is 0 Å². The Morgan fingerprint density at radius 1 is 0.914 bits per heavy atom. The molecule has 0 saturated heterocycles. The van der Waals surface area contributed by atoms with E-state index in [-0.39, 0.29) is 5.82 Å². The van der Waals surface area contributed by atoms with E-state index in [9.17, 15) is 26.7 Å². The van der Waals surface area contributed by atoms with Crippen molar-refractivity contribution in [3.8, 4) is 11.3 Å². The number of benzene rings is 2. The zero-order valence-electron chi connectivity index (χ0n) is 18.7. The number of anilines is 2. The van der Waals surface area contributed by atoms with Crippen LogP contribution in [0.5, 0.6) is 0 Å². The molecule has 10 heteroatoms. The summed E-state index contributed by atoms with van der Waals surface area (Å²) in [6, 6.07) is 7.01. The summed E-state index contributed by atoms with van der Waals surface area (Å²) in [5.74, 6) is -11.1. The predicted molar refractivity (Wildman–Crippen MR) is 121 cm³/mol. The molecule has 0 spiro atoms. The van der Waals surface area contributed by atoms with E-state index in [2.05, 4.69) is 15.3 Å². The molecule has 5 nitrogen and oxygen atoms in total. The molecule has 184 valence electrons. The van der Waals surface area contributed by atoms with Crippen LogP contribution in [-0.2, 0) is 17.6 Å². The summed E-state index contributed by atoms with van der Waals surface area (Å²) in [4.78, 5) is 21.5. The zero-order chi connectivity index (χ0) is 25.1. The normalized spacial score (nSPS) is 14.2. The summed E-state index contributed by atoms with van der Waals surface area (Å²) < 4.78 is 68.4. The highest BCUT2D eigenvalue weighted by Crippen LogP contribution is 2.30. The molecule has 1 aliphatic rings. The number of nitrogens with one attached hydrogen (secondary N) is 1. The van der Waals surface area contributed by atoms with Gasteiger partial charge in [-0.25, -0.2) is 31.9 Å². The van der Waals surface area contributed by atoms with Gasteiger partial charge in [-0.15, -0.1) is 0 Å². The second-order valence-corrected chi connectivity index (χ2v) is 8.65. The Balaban J connectivity index is 1.61. The van der Waals surface area contributed by atoms with Crippen LogP contribution in [0.15, 0.2) is 30.5 Å². The van der Waals surface area contributed by atoms with Crippen LogP contribution in [0.1, 0.15) is 43.4 Å². The number of nitrogens with zero attached hydrogens (tertiary/aromatic N) is 2. The van der Waals surface area contributed by atoms with Crippen molar-refractivity contribution in [2.24, 2.45) is 5.92 Å². The summed E-state index contributed by atoms with van der Waals surface area (Å²) in [5, 5.41) is 2.44. The fourth-order valence-electron chi connectivity index (χ4n) is 4.27. The minimum atomic E-state index is -2.27. The van der Waals surface area contributed by atoms with Crippen LogP contribution in [0.25, 0.3) is 11.3 Å². The van der Waals surface area contributed by atoms with E-state index in [0.717, 1.165) is 37.7 Å². The number of rotatable bonds is 6. The molecular formula is C25H23F5N4O. The van der Waals surface area contributed by atoms with Gasteiger partial charge < -0.3 is 11.1 Å². The minimum Gasteiger partial charge on any atom is -0.399 e. The van der Waals surface area contributed by atoms with Crippen LogP contribution in [0.4, 0.5) is 33.5 Å². The second kappa shape index (κ2) is 10.4. The maximum atomic E-state index is 14.0. The summed E-state index contributed by atoms with van der Waals surface area (Å²) >= 11 is 0. The Kier molecular flexibility index (Phi) is 7.28. The molecule has 1 amide bonds. The van der Waals surface area contributed by atoms with Crippen LogP contribution in [0.3, 0.4) is 0 Å². The molecule has 1 aromatic heterocycles. The average Bonchev–Trinajstić information content (AvgIpc) is 2.86. The number of halogens is 5. The molecule has 0 aliphatic heterocycles. The van der Waals surface area contributed by atoms with Crippen LogP contribution in [0, 0.1) is 35.0 Å². The van der Waals surface area contributed by atoms with Crippen molar-refractivity contribution in [2.75, 3.05) is 11.1 Å². The number of aromatic nitrogens is 2. The van der Waals surface area contributed by atoms with E-state index in [0.29, 0.717) is 29.4 Å². The van der Waals surface area contributed by atoms with Gasteiger partial charge >= 0.3 is 0 Å². The van der Waals surface area contributed by atoms with Crippen LogP contribution < -0.4 is 11.1 Å². The van der Waals surface area contributed by atoms with Crippen molar-refractivity contribution in [3.63, 3.8) is 0 Å². The number of carbonyl (C=O) groups excluding carboxylic acids is 1. The van der Waals surface area contributed by atoms with Crippen molar-refractivity contribution >= 4 is 17.4 Å². The predicted octanol–water partition coefficient (Wildman–Crippen LogP) is 5.73. The smallest absolute Gasteiger partial charge is 0.230 e. The van der Waals surface area contributed by atoms with Gasteiger partial charge in [0.05, 0.1) is 24.0 Å². The molecule has 0 radical (unpaired) electrons. The van der Waals surface area contributed by atoms with E-state index in [1.54, 1.807) is 24.3 Å². The second-order valence-electron chi connectivity index (χ2n) is 8.65. The lowest BCUT2D eigenvalue weighted by atomic mass is 9.86. The Hall–Kier alpha value is -3.56. The third-order valence-corrected chi connectivity index (χ3v) is 6.15. The lowest BCUT2D eigenvalue weighted by Crippen LogP contribution is -2.21. The number of carbonyl (C=O) groups is 1. The molecule has 1 aliphatic carbocycles. The number of hydrogen-bond acceptors (Lipinski definition) is 4. The van der Waals surface area contributed by atoms with Gasteiger partial charge in [0.2, 0.25) is 11.7 Å². The van der Waals surface area contributed by atoms with Gasteiger partial charge in [-0.1, -0.05) is 44.2 Å². The van der Waals surface area contributed by atoms with Gasteiger partial charge in [0.1, 0.15) is 0 Å². The summed E-state index contributed by atoms with van der Waals surface area (Å²) in [5.41, 5.74) is 6.91. The van der Waals surface area contributed by atoms with E-state index >= 15 is 0 Å². The molecule has 4 rings (SSSR count). The highest BCUT2D eigenvalue weighted by Gasteiger charge is 2.27. The van der Waals surface area contributed by atoms with Crippen LogP contribution in [-0.4, -0.2) is 15.9 Å². The lowest BCUT2D eigenvalue weighted by Gasteiger charge is -2.22. The molecule has 1 saturated carbocycles. The molecule has 1 fully saturated rings. The first-order valence-corrected chi connectivity index (χ1v) is 11.3. The molecular weight excluding hydrogens is 467 g/mol. The third kappa shape index (κ3) is 5.41. The SMILES string of the molecule is Nc1ccc(-c2cnc(NC(=O)Cc3c(F)c(F)c(F)c(F)c3F)c(CC3CCCCC3)n2)cc1. The van der Waals surface area contributed by atoms with Crippen molar-refractivity contribution in [1.29, 1.82) is 0 Å². The first-order valence-electron chi connectivity index (χ1n) is 11.3. The maximum Gasteiger partial charge on any atom is 0.230 e. The number of nitrogen functional groups attached to an aromatic ring is 1. The monoisotopic (exact) mass is 490 g/mol. The van der Waals surface area contributed by atoms with Crippen molar-refractivity contribution < 1.29 is 26.7 Å². The van der Waals surface area contributed by atoms with Gasteiger partial charge in [0.15, 0.2) is 29.1 Å². The Morgan fingerprint density at radius 2 is 1.51 bits per heavy atom. The summed E-state index contributed by atoms with van der Waals surface area (Å²) in [7, 11) is 0. The van der Waals surface area contributed by atoms with E-state index in [4.69, 9.17) is 5.73 Å². The first-order chi connectivity index (χ1) is 16.7. The molecule has 1 heterocycles. The fourth-order valence-corrected chi connectivity index (χ4v) is 4.27. The highest BCUT2D eigenvalue weighted by molar-refractivity contribution is 5.92. The van der Waals surface area contributed by atoms with E-state index in [1.807, 2.05) is 0 Å². The summed E-state index contributed by atoms with van der Waals surface area (Å²) in [6.07, 6.45) is 6.19. The molecule has 2 aromatic carbocycles. The Bertz CT molecular complexity index is 1210. The number of nitrogens with two attached hydrogens (primary N) is 1. The van der Waals surface area contributed by atoms with Crippen molar-refractivity contribution in [2.45, 2.75) is 44.9 Å². The molecule has 35 heavy (non-hydrogen) atoms. The quantitative estimate of drug-likeness (QED) is 0.200. The largest absolute Gasteiger partial charge is 0.399 e. The zero-order valence-corrected chi connectivity index (χ0v) is 18.7. The molecule has 0 bridgehead atoms. The average molecular weight is 490 g/mol. The first kappa shape index (κ1) is 24.6. The minimum absolute atomic E-state index is 0.0867. The highest BCUT2D eigenvalue weighted by atomic mass is 19.2.